The third-order valence-electron chi connectivity index (χ3n) is 6.07. The molecule has 4 aliphatic rings. The Labute approximate surface area is 135 Å². The van der Waals surface area contributed by atoms with E-state index in [0.29, 0.717) is 5.54 Å². The van der Waals surface area contributed by atoms with Gasteiger partial charge in [-0.15, -0.1) is 0 Å². The monoisotopic (exact) mass is 350 g/mol. The predicted octanol–water partition coefficient (Wildman–Crippen LogP) is 3.49. The molecule has 2 N–H and O–H groups in total. The van der Waals surface area contributed by atoms with Crippen LogP contribution in [0.5, 0.6) is 5.75 Å². The first-order valence-electron chi connectivity index (χ1n) is 8.32. The van der Waals surface area contributed by atoms with Gasteiger partial charge in [0, 0.05) is 24.8 Å². The Morgan fingerprint density at radius 3 is 2.29 bits per heavy atom. The highest BCUT2D eigenvalue weighted by Gasteiger charge is 2.53. The van der Waals surface area contributed by atoms with Gasteiger partial charge in [0.15, 0.2) is 0 Å². The van der Waals surface area contributed by atoms with Gasteiger partial charge in [-0.1, -0.05) is 0 Å². The van der Waals surface area contributed by atoms with Crippen LogP contribution in [0.3, 0.4) is 0 Å². The summed E-state index contributed by atoms with van der Waals surface area (Å²) in [5.74, 6) is 4.04. The molecule has 4 bridgehead atoms. The molecule has 1 aromatic carbocycles. The summed E-state index contributed by atoms with van der Waals surface area (Å²) in [7, 11) is 1.72. The van der Waals surface area contributed by atoms with E-state index in [-0.39, 0.29) is 0 Å². The van der Waals surface area contributed by atoms with Gasteiger partial charge >= 0.3 is 0 Å². The van der Waals surface area contributed by atoms with E-state index in [1.54, 1.807) is 7.11 Å². The molecule has 1 aromatic rings. The van der Waals surface area contributed by atoms with Crippen molar-refractivity contribution in [3.8, 4) is 5.75 Å². The molecule has 21 heavy (non-hydrogen) atoms. The molecular weight excluding hydrogens is 326 g/mol. The average molecular weight is 351 g/mol. The highest BCUT2D eigenvalue weighted by Crippen LogP contribution is 2.54. The number of rotatable bonds is 4. The fraction of sp³-hybridized carbons (Fsp3) is 0.667. The molecule has 0 heterocycles. The fourth-order valence-corrected chi connectivity index (χ4v) is 6.19. The predicted molar refractivity (Wildman–Crippen MR) is 87.2 cm³/mol. The third-order valence-corrected chi connectivity index (χ3v) is 6.69. The first-order valence-corrected chi connectivity index (χ1v) is 9.12. The molecule has 0 aliphatic heterocycles. The Morgan fingerprint density at radius 1 is 1.14 bits per heavy atom. The van der Waals surface area contributed by atoms with E-state index in [9.17, 15) is 0 Å². The molecule has 4 saturated carbocycles. The van der Waals surface area contributed by atoms with E-state index in [1.807, 2.05) is 0 Å². The molecule has 114 valence electrons. The zero-order valence-electron chi connectivity index (χ0n) is 12.8. The Bertz CT molecular complexity index is 507. The van der Waals surface area contributed by atoms with Crippen molar-refractivity contribution in [1.29, 1.82) is 0 Å². The van der Waals surface area contributed by atoms with Crippen molar-refractivity contribution in [2.45, 2.75) is 50.6 Å². The van der Waals surface area contributed by atoms with Crippen LogP contribution < -0.4 is 10.1 Å². The van der Waals surface area contributed by atoms with Crippen molar-refractivity contribution in [2.75, 3.05) is 7.11 Å². The lowest BCUT2D eigenvalue weighted by atomic mass is 9.53. The van der Waals surface area contributed by atoms with Crippen LogP contribution in [0, 0.1) is 17.8 Å². The maximum atomic E-state index is 5.32. The van der Waals surface area contributed by atoms with Gasteiger partial charge < -0.3 is 10.1 Å². The van der Waals surface area contributed by atoms with Gasteiger partial charge in [0.2, 0.25) is 0 Å². The molecule has 0 unspecified atom stereocenters. The molecule has 4 fully saturated rings. The molecule has 2 nitrogen and oxygen atoms in total. The summed E-state index contributed by atoms with van der Waals surface area (Å²) in [6.07, 6.45) is 8.99. The van der Waals surface area contributed by atoms with Crippen molar-refractivity contribution in [3.63, 3.8) is 0 Å². The van der Waals surface area contributed by atoms with Crippen LogP contribution in [-0.4, -0.2) is 12.6 Å². The smallest absolute Gasteiger partial charge is 0.133 e. The molecule has 0 atom stereocenters. The number of hydrogen-bond donors (Lipinski definition) is 1. The summed E-state index contributed by atoms with van der Waals surface area (Å²) in [5.41, 5.74) is 1.97. The second-order valence-electron chi connectivity index (χ2n) is 7.66. The Kier molecular flexibility index (Phi) is 3.54. The molecule has 5 rings (SSSR count). The summed E-state index contributed by atoms with van der Waals surface area (Å²) in [6.45, 7) is 1.11. The summed E-state index contributed by atoms with van der Waals surface area (Å²) >= 11 is 3.60. The molecular formula is C18H25BrNO+. The minimum Gasteiger partial charge on any atom is -0.496 e. The Morgan fingerprint density at radius 2 is 1.76 bits per heavy atom. The lowest BCUT2D eigenvalue weighted by Crippen LogP contribution is -2.97. The lowest BCUT2D eigenvalue weighted by Gasteiger charge is -2.54. The normalized spacial score (nSPS) is 37.0. The molecule has 0 amide bonds. The van der Waals surface area contributed by atoms with E-state index in [2.05, 4.69) is 39.4 Å². The number of ether oxygens (including phenoxy) is 1. The molecule has 0 aromatic heterocycles. The Balaban J connectivity index is 1.46. The van der Waals surface area contributed by atoms with Crippen LogP contribution in [0.2, 0.25) is 0 Å². The largest absolute Gasteiger partial charge is 0.496 e. The topological polar surface area (TPSA) is 25.8 Å². The van der Waals surface area contributed by atoms with Gasteiger partial charge in [-0.05, 0) is 71.1 Å². The van der Waals surface area contributed by atoms with Gasteiger partial charge in [0.25, 0.3) is 0 Å². The van der Waals surface area contributed by atoms with Crippen molar-refractivity contribution in [3.05, 3.63) is 28.2 Å². The average Bonchev–Trinajstić information content (AvgIpc) is 2.44. The van der Waals surface area contributed by atoms with E-state index < -0.39 is 0 Å². The van der Waals surface area contributed by atoms with E-state index in [0.717, 1.165) is 34.5 Å². The van der Waals surface area contributed by atoms with Crippen molar-refractivity contribution < 1.29 is 10.1 Å². The zero-order chi connectivity index (χ0) is 14.4. The quantitative estimate of drug-likeness (QED) is 0.883. The molecule has 4 aliphatic carbocycles. The first-order chi connectivity index (χ1) is 10.2. The van der Waals surface area contributed by atoms with Gasteiger partial charge in [0.05, 0.1) is 17.1 Å². The van der Waals surface area contributed by atoms with Crippen molar-refractivity contribution in [2.24, 2.45) is 17.8 Å². The maximum absolute atomic E-state index is 5.32. The van der Waals surface area contributed by atoms with Gasteiger partial charge in [-0.2, -0.15) is 0 Å². The minimum atomic E-state index is 0.571. The number of nitrogens with two attached hydrogens (primary N) is 1. The van der Waals surface area contributed by atoms with Gasteiger partial charge in [-0.3, -0.25) is 0 Å². The van der Waals surface area contributed by atoms with Crippen LogP contribution in [0.4, 0.5) is 0 Å². The van der Waals surface area contributed by atoms with Crippen LogP contribution >= 0.6 is 15.9 Å². The van der Waals surface area contributed by atoms with Crippen molar-refractivity contribution >= 4 is 15.9 Å². The molecule has 0 spiro atoms. The molecule has 0 saturated heterocycles. The van der Waals surface area contributed by atoms with Crippen LogP contribution in [-0.2, 0) is 6.54 Å². The van der Waals surface area contributed by atoms with E-state index in [1.165, 1.54) is 44.1 Å². The van der Waals surface area contributed by atoms with Crippen LogP contribution in [0.15, 0.2) is 22.7 Å². The van der Waals surface area contributed by atoms with E-state index >= 15 is 0 Å². The number of quaternary nitrogens is 1. The Hall–Kier alpha value is -0.540. The molecule has 0 radical (unpaired) electrons. The second-order valence-corrected chi connectivity index (χ2v) is 8.51. The van der Waals surface area contributed by atoms with E-state index in [4.69, 9.17) is 4.74 Å². The third kappa shape index (κ3) is 2.63. The summed E-state index contributed by atoms with van der Waals surface area (Å²) < 4.78 is 6.39. The standard InChI is InChI=1S/C18H24BrNO/c1-21-17-3-2-12(7-16(17)19)11-20-18-8-13-4-14(9-18)6-15(5-13)10-18/h2-3,7,13-15,20H,4-6,8-11H2,1H3/p+1. The number of methoxy groups -OCH3 is 1. The minimum absolute atomic E-state index is 0.571. The highest BCUT2D eigenvalue weighted by molar-refractivity contribution is 9.10. The number of halogens is 1. The summed E-state index contributed by atoms with van der Waals surface area (Å²) in [6, 6.07) is 6.50. The first kappa shape index (κ1) is 14.1. The number of benzene rings is 1. The van der Waals surface area contributed by atoms with Crippen LogP contribution in [0.1, 0.15) is 44.1 Å². The summed E-state index contributed by atoms with van der Waals surface area (Å²) in [4.78, 5) is 0. The number of hydrogen-bond acceptors (Lipinski definition) is 1. The van der Waals surface area contributed by atoms with Gasteiger partial charge in [-0.25, -0.2) is 0 Å². The highest BCUT2D eigenvalue weighted by atomic mass is 79.9. The maximum Gasteiger partial charge on any atom is 0.133 e. The summed E-state index contributed by atoms with van der Waals surface area (Å²) in [5, 5.41) is 2.67. The van der Waals surface area contributed by atoms with Crippen LogP contribution in [0.25, 0.3) is 0 Å². The zero-order valence-corrected chi connectivity index (χ0v) is 14.4. The molecule has 3 heteroatoms. The SMILES string of the molecule is COc1ccc(C[NH2+]C23CC4CC(CC(C4)C2)C3)cc1Br. The second kappa shape index (κ2) is 5.27. The van der Waals surface area contributed by atoms with Crippen molar-refractivity contribution in [1.82, 2.24) is 0 Å². The van der Waals surface area contributed by atoms with Gasteiger partial charge in [0.1, 0.15) is 12.3 Å². The fourth-order valence-electron chi connectivity index (χ4n) is 5.60. The lowest BCUT2D eigenvalue weighted by molar-refractivity contribution is -0.752.